The molecule has 40 heavy (non-hydrogen) atoms. The third-order valence-corrected chi connectivity index (χ3v) is 16.5. The molecule has 0 unspecified atom stereocenters. The first kappa shape index (κ1) is 32.2. The highest BCUT2D eigenvalue weighted by Crippen LogP contribution is 2.46. The minimum absolute atomic E-state index is 0.145. The Morgan fingerprint density at radius 2 is 1.48 bits per heavy atom. The third kappa shape index (κ3) is 8.64. The normalized spacial score (nSPS) is 22.6. The van der Waals surface area contributed by atoms with Crippen molar-refractivity contribution in [2.45, 2.75) is 108 Å². The highest BCUT2D eigenvalue weighted by molar-refractivity contribution is 8.17. The van der Waals surface area contributed by atoms with Crippen molar-refractivity contribution in [2.75, 3.05) is 18.1 Å². The molecule has 0 radical (unpaired) electrons. The average molecular weight is 600 g/mol. The summed E-state index contributed by atoms with van der Waals surface area (Å²) in [5.41, 5.74) is 2.74. The summed E-state index contributed by atoms with van der Waals surface area (Å²) in [7, 11) is -2.05. The maximum Gasteiger partial charge on any atom is 0.192 e. The molecule has 0 amide bonds. The predicted octanol–water partition coefficient (Wildman–Crippen LogP) is 9.10. The number of nitrogens with zero attached hydrogens (tertiary/aromatic N) is 1. The highest BCUT2D eigenvalue weighted by Gasteiger charge is 2.49. The SMILES string of the molecule is CC(C)C[C@@H]([C@@H](O[Si](C)(C)C(C)(C)C)[C@@H]1CCO[C@@H]1C1SCCCS1)N(Cc1ccccc1)Cc1ccccc1. The van der Waals surface area contributed by atoms with Crippen molar-refractivity contribution in [3.63, 3.8) is 0 Å². The molecule has 2 aliphatic rings. The van der Waals surface area contributed by atoms with Gasteiger partial charge in [-0.05, 0) is 65.9 Å². The van der Waals surface area contributed by atoms with Gasteiger partial charge in [-0.1, -0.05) is 95.3 Å². The van der Waals surface area contributed by atoms with E-state index >= 15 is 0 Å². The van der Waals surface area contributed by atoms with Crippen LogP contribution in [0.5, 0.6) is 0 Å². The van der Waals surface area contributed by atoms with Crippen molar-refractivity contribution in [1.82, 2.24) is 4.90 Å². The molecule has 2 aromatic carbocycles. The molecule has 2 fully saturated rings. The second-order valence-electron chi connectivity index (χ2n) is 13.7. The summed E-state index contributed by atoms with van der Waals surface area (Å²) in [5.74, 6) is 3.49. The van der Waals surface area contributed by atoms with Crippen molar-refractivity contribution in [1.29, 1.82) is 0 Å². The lowest BCUT2D eigenvalue weighted by atomic mass is 9.85. The number of rotatable bonds is 12. The van der Waals surface area contributed by atoms with Crippen LogP contribution in [-0.4, -0.2) is 54.2 Å². The molecule has 0 spiro atoms. The van der Waals surface area contributed by atoms with Crippen molar-refractivity contribution in [3.8, 4) is 0 Å². The number of hydrogen-bond donors (Lipinski definition) is 0. The molecular weight excluding hydrogens is 547 g/mol. The van der Waals surface area contributed by atoms with Gasteiger partial charge in [0.2, 0.25) is 0 Å². The molecule has 3 nitrogen and oxygen atoms in total. The van der Waals surface area contributed by atoms with Gasteiger partial charge in [0.1, 0.15) is 0 Å². The molecule has 222 valence electrons. The zero-order valence-electron chi connectivity index (χ0n) is 26.0. The first-order valence-electron chi connectivity index (χ1n) is 15.4. The van der Waals surface area contributed by atoms with Crippen LogP contribution in [0.1, 0.15) is 65.0 Å². The fourth-order valence-corrected chi connectivity index (χ4v) is 10.4. The number of thioether (sulfide) groups is 2. The quantitative estimate of drug-likeness (QED) is 0.226. The van der Waals surface area contributed by atoms with Crippen LogP contribution >= 0.6 is 23.5 Å². The summed E-state index contributed by atoms with van der Waals surface area (Å²) in [5, 5.41) is 0.153. The summed E-state index contributed by atoms with van der Waals surface area (Å²) in [4.78, 5) is 2.75. The summed E-state index contributed by atoms with van der Waals surface area (Å²) in [6, 6.07) is 22.4. The van der Waals surface area contributed by atoms with E-state index in [0.717, 1.165) is 32.5 Å². The fraction of sp³-hybridized carbons (Fsp3) is 0.647. The Hall–Kier alpha value is -0.763. The Kier molecular flexibility index (Phi) is 11.7. The Bertz CT molecular complexity index is 966. The first-order chi connectivity index (χ1) is 19.0. The molecule has 2 saturated heterocycles. The molecule has 2 heterocycles. The molecule has 6 heteroatoms. The highest BCUT2D eigenvalue weighted by atomic mass is 32.2. The van der Waals surface area contributed by atoms with E-state index in [2.05, 4.69) is 137 Å². The van der Waals surface area contributed by atoms with E-state index in [1.165, 1.54) is 29.1 Å². The standard InChI is InChI=1S/C34H53NO2S2Si/c1-26(2)23-30(35(24-27-15-10-8-11-16-27)25-28-17-12-9-13-18-28)31(37-40(6,7)34(3,4)5)29-19-20-36-32(29)33-38-21-14-22-39-33/h8-13,15-18,26,29-33H,14,19-25H2,1-7H3/t29-,30-,31-,32-/m0/s1. The zero-order chi connectivity index (χ0) is 28.8. The maximum atomic E-state index is 7.63. The van der Waals surface area contributed by atoms with Crippen LogP contribution in [0.4, 0.5) is 0 Å². The van der Waals surface area contributed by atoms with E-state index in [4.69, 9.17) is 9.16 Å². The average Bonchev–Trinajstić information content (AvgIpc) is 3.41. The van der Waals surface area contributed by atoms with Gasteiger partial charge in [-0.15, -0.1) is 23.5 Å². The van der Waals surface area contributed by atoms with Crippen LogP contribution in [0.2, 0.25) is 18.1 Å². The lowest BCUT2D eigenvalue weighted by Crippen LogP contribution is -2.56. The van der Waals surface area contributed by atoms with Gasteiger partial charge in [-0.3, -0.25) is 4.90 Å². The molecule has 2 aliphatic heterocycles. The topological polar surface area (TPSA) is 21.7 Å². The van der Waals surface area contributed by atoms with Crippen molar-refractivity contribution in [2.24, 2.45) is 11.8 Å². The van der Waals surface area contributed by atoms with Gasteiger partial charge in [0.25, 0.3) is 0 Å². The van der Waals surface area contributed by atoms with Crippen LogP contribution in [0.3, 0.4) is 0 Å². The third-order valence-electron chi connectivity index (χ3n) is 8.98. The van der Waals surface area contributed by atoms with Crippen molar-refractivity contribution < 1.29 is 9.16 Å². The number of hydrogen-bond acceptors (Lipinski definition) is 5. The lowest BCUT2D eigenvalue weighted by Gasteiger charge is -2.48. The van der Waals surface area contributed by atoms with E-state index in [1.807, 2.05) is 0 Å². The van der Waals surface area contributed by atoms with Crippen LogP contribution in [0, 0.1) is 11.8 Å². The smallest absolute Gasteiger partial charge is 0.192 e. The van der Waals surface area contributed by atoms with E-state index in [-0.39, 0.29) is 17.2 Å². The van der Waals surface area contributed by atoms with Gasteiger partial charge in [-0.2, -0.15) is 0 Å². The minimum atomic E-state index is -2.05. The largest absolute Gasteiger partial charge is 0.412 e. The molecule has 0 aromatic heterocycles. The van der Waals surface area contributed by atoms with Gasteiger partial charge in [0, 0.05) is 31.7 Å². The monoisotopic (exact) mass is 599 g/mol. The van der Waals surface area contributed by atoms with E-state index in [0.29, 0.717) is 22.5 Å². The Morgan fingerprint density at radius 3 is 1.98 bits per heavy atom. The predicted molar refractivity (Wildman–Crippen MR) is 179 cm³/mol. The Labute approximate surface area is 254 Å². The second-order valence-corrected chi connectivity index (χ2v) is 21.2. The number of benzene rings is 2. The second kappa shape index (κ2) is 14.6. The number of ether oxygens (including phenoxy) is 1. The Balaban J connectivity index is 1.76. The molecule has 0 bridgehead atoms. The summed E-state index contributed by atoms with van der Waals surface area (Å²) < 4.78 is 14.8. The van der Waals surface area contributed by atoms with Crippen LogP contribution in [0.15, 0.2) is 60.7 Å². The van der Waals surface area contributed by atoms with E-state index < -0.39 is 8.32 Å². The molecular formula is C34H53NO2S2Si. The van der Waals surface area contributed by atoms with Gasteiger partial charge in [0.15, 0.2) is 8.32 Å². The van der Waals surface area contributed by atoms with E-state index in [1.54, 1.807) is 0 Å². The van der Waals surface area contributed by atoms with Crippen molar-refractivity contribution in [3.05, 3.63) is 71.8 Å². The molecule has 0 N–H and O–H groups in total. The summed E-state index contributed by atoms with van der Waals surface area (Å²) in [6.07, 6.45) is 3.93. The summed E-state index contributed by atoms with van der Waals surface area (Å²) >= 11 is 4.25. The van der Waals surface area contributed by atoms with Gasteiger partial charge < -0.3 is 9.16 Å². The molecule has 0 saturated carbocycles. The molecule has 4 rings (SSSR count). The van der Waals surface area contributed by atoms with E-state index in [9.17, 15) is 0 Å². The van der Waals surface area contributed by atoms with Crippen LogP contribution in [0.25, 0.3) is 0 Å². The Morgan fingerprint density at radius 1 is 0.925 bits per heavy atom. The maximum absolute atomic E-state index is 7.63. The van der Waals surface area contributed by atoms with Gasteiger partial charge in [0.05, 0.1) is 16.8 Å². The minimum Gasteiger partial charge on any atom is -0.412 e. The lowest BCUT2D eigenvalue weighted by molar-refractivity contribution is -0.0204. The van der Waals surface area contributed by atoms with Crippen LogP contribution < -0.4 is 0 Å². The van der Waals surface area contributed by atoms with Gasteiger partial charge in [-0.25, -0.2) is 0 Å². The molecule has 0 aliphatic carbocycles. The van der Waals surface area contributed by atoms with Gasteiger partial charge >= 0.3 is 0 Å². The molecule has 4 atom stereocenters. The molecule has 2 aromatic rings. The van der Waals surface area contributed by atoms with Crippen LogP contribution in [-0.2, 0) is 22.3 Å². The first-order valence-corrected chi connectivity index (χ1v) is 20.4. The summed E-state index contributed by atoms with van der Waals surface area (Å²) in [6.45, 7) is 19.5. The zero-order valence-corrected chi connectivity index (χ0v) is 28.6. The van der Waals surface area contributed by atoms with Crippen molar-refractivity contribution >= 4 is 31.8 Å². The fourth-order valence-electron chi connectivity index (χ4n) is 5.82.